The van der Waals surface area contributed by atoms with Gasteiger partial charge in [0.05, 0.1) is 54.4 Å². The zero-order valence-corrected chi connectivity index (χ0v) is 32.9. The predicted octanol–water partition coefficient (Wildman–Crippen LogP) is 4.79. The number of ether oxygens (including phenoxy) is 2. The molecule has 0 spiro atoms. The molecule has 2 aliphatic heterocycles. The lowest BCUT2D eigenvalue weighted by Gasteiger charge is -2.62. The van der Waals surface area contributed by atoms with Crippen molar-refractivity contribution in [3.05, 3.63) is 0 Å². The summed E-state index contributed by atoms with van der Waals surface area (Å²) in [4.78, 5) is 30.2. The van der Waals surface area contributed by atoms with Gasteiger partial charge in [-0.1, -0.05) is 13.8 Å². The van der Waals surface area contributed by atoms with Crippen LogP contribution in [0.15, 0.2) is 0 Å². The molecule has 260 valence electrons. The molecule has 6 fully saturated rings. The molecule has 2 saturated heterocycles. The third-order valence-corrected chi connectivity index (χ3v) is 14.1. The van der Waals surface area contributed by atoms with Crippen molar-refractivity contribution in [3.63, 3.8) is 0 Å². The summed E-state index contributed by atoms with van der Waals surface area (Å²) in [7, 11) is 9.36. The van der Waals surface area contributed by atoms with Gasteiger partial charge in [0.1, 0.15) is 12.2 Å². The fourth-order valence-corrected chi connectivity index (χ4v) is 11.4. The fourth-order valence-electron chi connectivity index (χ4n) is 11.4. The molecule has 0 aromatic carbocycles. The monoisotopic (exact) mass is 762 g/mol. The molecule has 0 aromatic rings. The Balaban J connectivity index is 0.00000230. The van der Waals surface area contributed by atoms with Crippen molar-refractivity contribution < 1.29 is 28.0 Å². The third-order valence-electron chi connectivity index (χ3n) is 14.1. The molecule has 4 saturated carbocycles. The first-order valence-electron chi connectivity index (χ1n) is 17.6. The zero-order valence-electron chi connectivity index (χ0n) is 29.5. The molecule has 6 rings (SSSR count). The summed E-state index contributed by atoms with van der Waals surface area (Å²) in [6, 6.07) is 0.656. The number of nitrogens with zero attached hydrogens (tertiary/aromatic N) is 4. The number of esters is 2. The van der Waals surface area contributed by atoms with Crippen LogP contribution in [-0.4, -0.2) is 136 Å². The minimum atomic E-state index is -0.123. The van der Waals surface area contributed by atoms with Crippen LogP contribution in [0.25, 0.3) is 0 Å². The van der Waals surface area contributed by atoms with Crippen LogP contribution in [-0.2, 0) is 19.1 Å². The summed E-state index contributed by atoms with van der Waals surface area (Å²) in [6.45, 7) is 17.3. The molecule has 0 amide bonds. The number of likely N-dealkylation sites (N-methyl/N-ethyl adjacent to an activating group) is 2. The van der Waals surface area contributed by atoms with E-state index in [-0.39, 0.29) is 68.9 Å². The van der Waals surface area contributed by atoms with Gasteiger partial charge < -0.3 is 18.4 Å². The van der Waals surface area contributed by atoms with E-state index in [2.05, 4.69) is 51.8 Å². The van der Waals surface area contributed by atoms with Gasteiger partial charge in [-0.15, -0.1) is 34.0 Å². The Bertz CT molecular complexity index is 1070. The van der Waals surface area contributed by atoms with E-state index in [0.29, 0.717) is 35.8 Å². The molecule has 10 atom stereocenters. The van der Waals surface area contributed by atoms with E-state index in [1.807, 2.05) is 0 Å². The predicted molar refractivity (Wildman–Crippen MR) is 189 cm³/mol. The number of halogens is 2. The van der Waals surface area contributed by atoms with E-state index in [0.717, 1.165) is 80.6 Å². The Labute approximate surface area is 294 Å². The van der Waals surface area contributed by atoms with E-state index in [1.54, 1.807) is 13.8 Å². The second kappa shape index (κ2) is 13.6. The smallest absolute Gasteiger partial charge is 0.302 e. The lowest BCUT2D eigenvalue weighted by Crippen LogP contribution is -2.64. The highest BCUT2D eigenvalue weighted by Crippen LogP contribution is 2.67. The maximum absolute atomic E-state index is 12.5. The third kappa shape index (κ3) is 7.08. The van der Waals surface area contributed by atoms with E-state index in [9.17, 15) is 9.59 Å². The van der Waals surface area contributed by atoms with Crippen LogP contribution in [0.3, 0.4) is 0 Å². The molecule has 10 heteroatoms. The summed E-state index contributed by atoms with van der Waals surface area (Å²) in [5.74, 6) is 2.35. The van der Waals surface area contributed by atoms with Crippen LogP contribution in [0.5, 0.6) is 0 Å². The van der Waals surface area contributed by atoms with Gasteiger partial charge in [0, 0.05) is 57.5 Å². The molecule has 0 aromatic heterocycles. The molecule has 0 unspecified atom stereocenters. The Kier molecular flexibility index (Phi) is 11.3. The highest BCUT2D eigenvalue weighted by atomic mass is 79.9. The average molecular weight is 765 g/mol. The van der Waals surface area contributed by atoms with Crippen molar-refractivity contribution in [1.82, 2.24) is 9.80 Å². The topological polar surface area (TPSA) is 59.1 Å². The second-order valence-corrected chi connectivity index (χ2v) is 17.5. The van der Waals surface area contributed by atoms with E-state index in [4.69, 9.17) is 9.47 Å². The van der Waals surface area contributed by atoms with Crippen molar-refractivity contribution in [3.8, 4) is 0 Å². The summed E-state index contributed by atoms with van der Waals surface area (Å²) in [5, 5.41) is 0. The number of fused-ring (bicyclic) bond motifs is 5. The van der Waals surface area contributed by atoms with Crippen molar-refractivity contribution in [2.24, 2.45) is 34.5 Å². The van der Waals surface area contributed by atoms with E-state index in [1.165, 1.54) is 25.7 Å². The first-order chi connectivity index (χ1) is 20.1. The van der Waals surface area contributed by atoms with Crippen molar-refractivity contribution in [2.45, 2.75) is 96.9 Å². The molecule has 8 nitrogen and oxygen atoms in total. The lowest BCUT2D eigenvalue weighted by molar-refractivity contribution is -0.894. The summed E-state index contributed by atoms with van der Waals surface area (Å²) < 4.78 is 14.6. The molecular formula is C35H64Br2N4O4+2. The van der Waals surface area contributed by atoms with Crippen molar-refractivity contribution in [2.75, 3.05) is 80.5 Å². The number of carbonyl (C=O) groups is 2. The molecule has 0 radical (unpaired) electrons. The standard InChI is InChI=1S/C35H62N4O4.2BrH/c1-24(40)42-32-21-26-9-10-27-28(35(26,4)23-31(32)37-15-19-39(7,8)20-16-37)11-12-34(3)29(27)22-30(33(34)43-25(2)41)36-13-17-38(5,6)18-14-36;;/h26-33H,9-23H2,1-8H3;2*1H/q+2;;/t26-,27+,28-,29-,30-,31-,32-,33-,34-,35-;;/m0../s1. The highest BCUT2D eigenvalue weighted by Gasteiger charge is 2.65. The largest absolute Gasteiger partial charge is 0.461 e. The number of hydrogen-bond acceptors (Lipinski definition) is 6. The molecular weight excluding hydrogens is 700 g/mol. The van der Waals surface area contributed by atoms with E-state index >= 15 is 0 Å². The van der Waals surface area contributed by atoms with Gasteiger partial charge in [-0.25, -0.2) is 0 Å². The van der Waals surface area contributed by atoms with Crippen LogP contribution in [0, 0.1) is 34.5 Å². The lowest BCUT2D eigenvalue weighted by atomic mass is 9.44. The average Bonchev–Trinajstić information content (AvgIpc) is 3.20. The van der Waals surface area contributed by atoms with Crippen LogP contribution < -0.4 is 0 Å². The van der Waals surface area contributed by atoms with Crippen LogP contribution >= 0.6 is 34.0 Å². The molecule has 0 bridgehead atoms. The SMILES string of the molecule is Br.Br.CC(=O)O[C@H]1C[C@@H]2CC[C@@H]3[C@H](CC[C@@]4(C)[C@H]3C[C@H](N3CC[N+](C)(C)CC3)[C@@H]4OC(C)=O)[C@@]2(C)C[C@@H]1N1CC[N+](C)(C)CC1. The number of quaternary nitrogens is 2. The van der Waals surface area contributed by atoms with Gasteiger partial charge in [0.25, 0.3) is 0 Å². The summed E-state index contributed by atoms with van der Waals surface area (Å²) >= 11 is 0. The Morgan fingerprint density at radius 2 is 1.22 bits per heavy atom. The second-order valence-electron chi connectivity index (χ2n) is 17.5. The van der Waals surface area contributed by atoms with Gasteiger partial charge in [-0.2, -0.15) is 0 Å². The fraction of sp³-hybridized carbons (Fsp3) is 0.943. The number of rotatable bonds is 4. The maximum Gasteiger partial charge on any atom is 0.302 e. The number of hydrogen-bond donors (Lipinski definition) is 0. The van der Waals surface area contributed by atoms with Crippen molar-refractivity contribution >= 4 is 45.9 Å². The van der Waals surface area contributed by atoms with Gasteiger partial charge >= 0.3 is 11.9 Å². The highest BCUT2D eigenvalue weighted by molar-refractivity contribution is 8.93. The molecule has 4 aliphatic carbocycles. The van der Waals surface area contributed by atoms with E-state index < -0.39 is 0 Å². The molecule has 45 heavy (non-hydrogen) atoms. The summed E-state index contributed by atoms with van der Waals surface area (Å²) in [5.41, 5.74) is 0.308. The zero-order chi connectivity index (χ0) is 30.9. The number of carbonyl (C=O) groups excluding carboxylic acids is 2. The quantitative estimate of drug-likeness (QED) is 0.304. The first-order valence-corrected chi connectivity index (χ1v) is 17.6. The minimum absolute atomic E-state index is 0. The Morgan fingerprint density at radius 3 is 1.76 bits per heavy atom. The Hall–Kier alpha value is -0.260. The molecule has 2 heterocycles. The van der Waals surface area contributed by atoms with Crippen LogP contribution in [0.4, 0.5) is 0 Å². The normalized spacial score (nSPS) is 44.2. The molecule has 0 N–H and O–H groups in total. The van der Waals surface area contributed by atoms with Crippen LogP contribution in [0.2, 0.25) is 0 Å². The van der Waals surface area contributed by atoms with Crippen molar-refractivity contribution in [1.29, 1.82) is 0 Å². The Morgan fingerprint density at radius 1 is 0.689 bits per heavy atom. The number of piperazine rings is 2. The van der Waals surface area contributed by atoms with Gasteiger partial charge in [0.2, 0.25) is 0 Å². The minimum Gasteiger partial charge on any atom is -0.461 e. The summed E-state index contributed by atoms with van der Waals surface area (Å²) in [6.07, 6.45) is 8.22. The maximum atomic E-state index is 12.5. The van der Waals surface area contributed by atoms with Crippen LogP contribution in [0.1, 0.15) is 72.6 Å². The van der Waals surface area contributed by atoms with Gasteiger partial charge in [-0.05, 0) is 74.0 Å². The van der Waals surface area contributed by atoms with Gasteiger partial charge in [-0.3, -0.25) is 19.4 Å². The molecule has 6 aliphatic rings. The first kappa shape index (κ1) is 37.6. The van der Waals surface area contributed by atoms with Gasteiger partial charge in [0.15, 0.2) is 0 Å².